The van der Waals surface area contributed by atoms with Crippen molar-refractivity contribution in [3.8, 4) is 0 Å². The Morgan fingerprint density at radius 3 is 2.54 bits per heavy atom. The second-order valence-electron chi connectivity index (χ2n) is 2.71. The van der Waals surface area contributed by atoms with Crippen molar-refractivity contribution in [2.75, 3.05) is 0 Å². The molecule has 1 rings (SSSR count). The number of rotatable bonds is 4. The molecule has 0 saturated heterocycles. The van der Waals surface area contributed by atoms with Gasteiger partial charge in [0.25, 0.3) is 0 Å². The van der Waals surface area contributed by atoms with Gasteiger partial charge in [0, 0.05) is 0 Å². The van der Waals surface area contributed by atoms with Gasteiger partial charge in [0.05, 0.1) is 0 Å². The van der Waals surface area contributed by atoms with E-state index in [9.17, 15) is 4.79 Å². The van der Waals surface area contributed by atoms with Crippen LogP contribution in [-0.4, -0.2) is 33.3 Å². The third-order valence-corrected chi connectivity index (χ3v) is 2.39. The van der Waals surface area contributed by atoms with E-state index in [0.717, 1.165) is 5.56 Å². The average Bonchev–Trinajstić information content (AvgIpc) is 2.15. The Morgan fingerprint density at radius 1 is 1.46 bits per heavy atom. The van der Waals surface area contributed by atoms with Crippen LogP contribution in [0.15, 0.2) is 30.3 Å². The summed E-state index contributed by atoms with van der Waals surface area (Å²) < 4.78 is 2.69. The summed E-state index contributed by atoms with van der Waals surface area (Å²) in [6.07, 6.45) is 0.505. The van der Waals surface area contributed by atoms with Gasteiger partial charge in [0.15, 0.2) is 0 Å². The molecule has 1 aromatic carbocycles. The zero-order valence-electron chi connectivity index (χ0n) is 6.97. The quantitative estimate of drug-likeness (QED) is 0.738. The Hall–Kier alpha value is -0.831. The SMILES string of the molecule is O=C(O)[C@H](Cc1ccccc1)N[SeH]. The topological polar surface area (TPSA) is 49.3 Å². The van der Waals surface area contributed by atoms with Crippen LogP contribution in [0.25, 0.3) is 0 Å². The van der Waals surface area contributed by atoms with E-state index in [1.54, 1.807) is 0 Å². The molecule has 0 aliphatic rings. The molecule has 13 heavy (non-hydrogen) atoms. The summed E-state index contributed by atoms with van der Waals surface area (Å²) >= 11 is 2.08. The molecule has 3 nitrogen and oxygen atoms in total. The summed E-state index contributed by atoms with van der Waals surface area (Å²) in [5, 5.41) is 8.76. The first kappa shape index (κ1) is 10.3. The van der Waals surface area contributed by atoms with Crippen molar-refractivity contribution in [3.05, 3.63) is 35.9 Å². The molecule has 0 bridgehead atoms. The van der Waals surface area contributed by atoms with Crippen LogP contribution in [0.2, 0.25) is 0 Å². The summed E-state index contributed by atoms with van der Waals surface area (Å²) in [6.45, 7) is 0. The predicted octanol–water partition coefficient (Wildman–Crippen LogP) is 0.0877. The van der Waals surface area contributed by atoms with Crippen molar-refractivity contribution < 1.29 is 9.90 Å². The minimum absolute atomic E-state index is 0.505. The molecule has 0 fully saturated rings. The van der Waals surface area contributed by atoms with Crippen molar-refractivity contribution in [1.29, 1.82) is 0 Å². The molecule has 0 amide bonds. The summed E-state index contributed by atoms with van der Waals surface area (Å²) in [7, 11) is 0. The second kappa shape index (κ2) is 5.02. The Balaban J connectivity index is 2.62. The fraction of sp³-hybridized carbons (Fsp3) is 0.222. The van der Waals surface area contributed by atoms with E-state index in [-0.39, 0.29) is 0 Å². The van der Waals surface area contributed by atoms with Crippen molar-refractivity contribution in [2.45, 2.75) is 12.5 Å². The van der Waals surface area contributed by atoms with E-state index < -0.39 is 12.0 Å². The van der Waals surface area contributed by atoms with Gasteiger partial charge in [0.2, 0.25) is 0 Å². The molecule has 0 aromatic heterocycles. The first-order valence-electron chi connectivity index (χ1n) is 3.90. The van der Waals surface area contributed by atoms with Crippen LogP contribution in [0.1, 0.15) is 5.56 Å². The van der Waals surface area contributed by atoms with Crippen LogP contribution in [0.5, 0.6) is 0 Å². The second-order valence-corrected chi connectivity index (χ2v) is 3.25. The Bertz CT molecular complexity index is 276. The van der Waals surface area contributed by atoms with Gasteiger partial charge in [-0.3, -0.25) is 0 Å². The molecule has 0 saturated carbocycles. The Morgan fingerprint density at radius 2 is 2.08 bits per heavy atom. The number of hydrogen-bond acceptors (Lipinski definition) is 2. The van der Waals surface area contributed by atoms with Gasteiger partial charge >= 0.3 is 84.8 Å². The number of carbonyl (C=O) groups is 1. The molecule has 0 unspecified atom stereocenters. The van der Waals surface area contributed by atoms with Gasteiger partial charge in [-0.15, -0.1) is 0 Å². The molecule has 4 heteroatoms. The number of carboxylic acids is 1. The first-order chi connectivity index (χ1) is 6.24. The van der Waals surface area contributed by atoms with Gasteiger partial charge in [-0.1, -0.05) is 0 Å². The molecule has 2 N–H and O–H groups in total. The van der Waals surface area contributed by atoms with Crippen LogP contribution in [0.3, 0.4) is 0 Å². The molecule has 0 radical (unpaired) electrons. The van der Waals surface area contributed by atoms with E-state index in [2.05, 4.69) is 20.6 Å². The molecule has 70 valence electrons. The first-order valence-corrected chi connectivity index (χ1v) is 4.84. The fourth-order valence-corrected chi connectivity index (χ4v) is 1.46. The summed E-state index contributed by atoms with van der Waals surface area (Å²) in [4.78, 5) is 10.7. The van der Waals surface area contributed by atoms with Gasteiger partial charge in [0.1, 0.15) is 0 Å². The maximum atomic E-state index is 10.7. The van der Waals surface area contributed by atoms with Crippen LogP contribution in [-0.2, 0) is 11.2 Å². The number of hydrogen-bond donors (Lipinski definition) is 2. The van der Waals surface area contributed by atoms with Crippen LogP contribution in [0.4, 0.5) is 0 Å². The molecule has 1 atom stereocenters. The molecule has 0 spiro atoms. The number of aliphatic carboxylic acids is 1. The molecule has 0 aliphatic carbocycles. The van der Waals surface area contributed by atoms with E-state index in [0.29, 0.717) is 6.42 Å². The average molecular weight is 244 g/mol. The standard InChI is InChI=1S/C9H11NO2Se/c11-9(12)8(10-13)6-7-4-2-1-3-5-7/h1-5,8,10,13H,6H2,(H,11,12)/t8-/m0/s1. The molecule has 0 heterocycles. The number of nitrogens with one attached hydrogen (secondary N) is 1. The maximum absolute atomic E-state index is 10.7. The summed E-state index contributed by atoms with van der Waals surface area (Å²) in [5.41, 5.74) is 1.02. The van der Waals surface area contributed by atoms with Crippen molar-refractivity contribution >= 4 is 22.2 Å². The molecule has 0 aliphatic heterocycles. The summed E-state index contributed by atoms with van der Waals surface area (Å²) in [5.74, 6) is -0.829. The van der Waals surface area contributed by atoms with Crippen molar-refractivity contribution in [2.24, 2.45) is 0 Å². The predicted molar refractivity (Wildman–Crippen MR) is 51.9 cm³/mol. The zero-order chi connectivity index (χ0) is 9.68. The van der Waals surface area contributed by atoms with Gasteiger partial charge in [-0.05, 0) is 0 Å². The van der Waals surface area contributed by atoms with Crippen LogP contribution in [0, 0.1) is 0 Å². The summed E-state index contributed by atoms with van der Waals surface area (Å²) in [6, 6.07) is 9.02. The van der Waals surface area contributed by atoms with Gasteiger partial charge in [-0.2, -0.15) is 0 Å². The van der Waals surface area contributed by atoms with Gasteiger partial charge < -0.3 is 0 Å². The van der Waals surface area contributed by atoms with Crippen molar-refractivity contribution in [1.82, 2.24) is 4.33 Å². The zero-order valence-corrected chi connectivity index (χ0v) is 8.85. The Kier molecular flexibility index (Phi) is 3.96. The van der Waals surface area contributed by atoms with E-state index in [1.165, 1.54) is 0 Å². The van der Waals surface area contributed by atoms with Gasteiger partial charge in [-0.25, -0.2) is 0 Å². The fourth-order valence-electron chi connectivity index (χ4n) is 1.04. The van der Waals surface area contributed by atoms with E-state index in [1.807, 2.05) is 30.3 Å². The minimum atomic E-state index is -0.829. The normalized spacial score (nSPS) is 12.4. The number of benzene rings is 1. The van der Waals surface area contributed by atoms with E-state index >= 15 is 0 Å². The third kappa shape index (κ3) is 3.19. The van der Waals surface area contributed by atoms with Crippen LogP contribution < -0.4 is 4.33 Å². The van der Waals surface area contributed by atoms with Crippen molar-refractivity contribution in [3.63, 3.8) is 0 Å². The van der Waals surface area contributed by atoms with Crippen LogP contribution >= 0.6 is 0 Å². The molecular weight excluding hydrogens is 233 g/mol. The number of carboxylic acid groups (broad SMARTS) is 1. The molecular formula is C9H11NO2Se. The monoisotopic (exact) mass is 245 g/mol. The molecule has 1 aromatic rings. The van der Waals surface area contributed by atoms with E-state index in [4.69, 9.17) is 5.11 Å². The third-order valence-electron chi connectivity index (χ3n) is 1.74. The Labute approximate surface area is 85.2 Å².